The van der Waals surface area contributed by atoms with E-state index in [-0.39, 0.29) is 36.0 Å². The molecule has 1 aromatic carbocycles. The minimum Gasteiger partial charge on any atom is -0.377 e. The molecule has 0 radical (unpaired) electrons. The number of carbonyl (C=O) groups excluding carboxylic acids is 3. The van der Waals surface area contributed by atoms with E-state index in [9.17, 15) is 14.4 Å². The van der Waals surface area contributed by atoms with Crippen LogP contribution in [0.2, 0.25) is 0 Å². The number of hydrogen-bond acceptors (Lipinski definition) is 4. The first-order valence-corrected chi connectivity index (χ1v) is 11.6. The van der Waals surface area contributed by atoms with Crippen molar-refractivity contribution >= 4 is 17.8 Å². The van der Waals surface area contributed by atoms with Gasteiger partial charge in [-0.25, -0.2) is 4.79 Å². The van der Waals surface area contributed by atoms with Gasteiger partial charge in [0.2, 0.25) is 5.91 Å². The maximum absolute atomic E-state index is 13.7. The quantitative estimate of drug-likeness (QED) is 0.747. The average Bonchev–Trinajstić information content (AvgIpc) is 2.70. The highest BCUT2D eigenvalue weighted by Gasteiger charge is 2.56. The van der Waals surface area contributed by atoms with Crippen LogP contribution in [-0.4, -0.2) is 77.6 Å². The van der Waals surface area contributed by atoms with E-state index >= 15 is 0 Å². The Labute approximate surface area is 189 Å². The predicted molar refractivity (Wildman–Crippen MR) is 120 cm³/mol. The van der Waals surface area contributed by atoms with Gasteiger partial charge in [0, 0.05) is 30.7 Å². The van der Waals surface area contributed by atoms with E-state index in [2.05, 4.69) is 10.6 Å². The number of hydrogen-bond donors (Lipinski definition) is 2. The van der Waals surface area contributed by atoms with Crippen LogP contribution < -0.4 is 10.6 Å². The molecule has 3 aliphatic heterocycles. The molecule has 174 valence electrons. The van der Waals surface area contributed by atoms with Crippen LogP contribution in [0.3, 0.4) is 0 Å². The molecule has 3 aliphatic rings. The van der Waals surface area contributed by atoms with Gasteiger partial charge in [0.1, 0.15) is 0 Å². The standard InChI is InChI=1S/C24H34N4O4/c1-15(2)25-23(31)27-11-9-24(10-12-27)20(21(29)26-17-13-32-14-17)18-7-5-6-8-19(18)22(30)28(24)16(3)4/h5-8,15-17,20H,9-14H2,1-4H3,(H,25,31)(H,26,29). The Morgan fingerprint density at radius 1 is 1.09 bits per heavy atom. The Bertz CT molecular complexity index is 888. The van der Waals surface area contributed by atoms with E-state index in [1.165, 1.54) is 0 Å². The number of carbonyl (C=O) groups is 3. The highest BCUT2D eigenvalue weighted by molar-refractivity contribution is 6.02. The smallest absolute Gasteiger partial charge is 0.317 e. The summed E-state index contributed by atoms with van der Waals surface area (Å²) in [6.45, 7) is 9.89. The van der Waals surface area contributed by atoms with Gasteiger partial charge in [-0.05, 0) is 52.2 Å². The van der Waals surface area contributed by atoms with E-state index in [4.69, 9.17) is 4.74 Å². The lowest BCUT2D eigenvalue weighted by atomic mass is 9.66. The van der Waals surface area contributed by atoms with Gasteiger partial charge in [0.05, 0.1) is 30.7 Å². The lowest BCUT2D eigenvalue weighted by molar-refractivity contribution is -0.132. The van der Waals surface area contributed by atoms with E-state index in [0.717, 1.165) is 5.56 Å². The first-order valence-electron chi connectivity index (χ1n) is 11.6. The van der Waals surface area contributed by atoms with Crippen molar-refractivity contribution < 1.29 is 19.1 Å². The Balaban J connectivity index is 1.72. The van der Waals surface area contributed by atoms with Crippen LogP contribution in [0.1, 0.15) is 62.4 Å². The lowest BCUT2D eigenvalue weighted by Crippen LogP contribution is -2.68. The van der Waals surface area contributed by atoms with Gasteiger partial charge >= 0.3 is 6.03 Å². The molecule has 0 aliphatic carbocycles. The monoisotopic (exact) mass is 442 g/mol. The molecule has 2 fully saturated rings. The summed E-state index contributed by atoms with van der Waals surface area (Å²) in [6.07, 6.45) is 1.10. The summed E-state index contributed by atoms with van der Waals surface area (Å²) < 4.78 is 5.25. The second kappa shape index (κ2) is 8.73. The number of rotatable bonds is 4. The summed E-state index contributed by atoms with van der Waals surface area (Å²) in [5.74, 6) is -0.592. The van der Waals surface area contributed by atoms with Gasteiger partial charge in [-0.3, -0.25) is 9.59 Å². The topological polar surface area (TPSA) is 91.0 Å². The molecule has 32 heavy (non-hydrogen) atoms. The van der Waals surface area contributed by atoms with Gasteiger partial charge in [0.25, 0.3) is 5.91 Å². The van der Waals surface area contributed by atoms with Crippen LogP contribution in [0.4, 0.5) is 4.79 Å². The van der Waals surface area contributed by atoms with Crippen LogP contribution in [0.25, 0.3) is 0 Å². The third-order valence-electron chi connectivity index (χ3n) is 6.83. The maximum Gasteiger partial charge on any atom is 0.317 e. The Hall–Kier alpha value is -2.61. The van der Waals surface area contributed by atoms with Crippen LogP contribution in [0.15, 0.2) is 24.3 Å². The van der Waals surface area contributed by atoms with Gasteiger partial charge in [-0.1, -0.05) is 18.2 Å². The molecule has 8 heteroatoms. The van der Waals surface area contributed by atoms with Crippen molar-refractivity contribution in [3.05, 3.63) is 35.4 Å². The predicted octanol–water partition coefficient (Wildman–Crippen LogP) is 2.10. The number of fused-ring (bicyclic) bond motifs is 1. The van der Waals surface area contributed by atoms with Crippen LogP contribution in [-0.2, 0) is 9.53 Å². The Kier molecular flexibility index (Phi) is 6.16. The van der Waals surface area contributed by atoms with E-state index < -0.39 is 11.5 Å². The molecular weight excluding hydrogens is 408 g/mol. The number of urea groups is 1. The molecule has 0 saturated carbocycles. The van der Waals surface area contributed by atoms with Crippen LogP contribution >= 0.6 is 0 Å². The number of benzene rings is 1. The number of nitrogens with one attached hydrogen (secondary N) is 2. The van der Waals surface area contributed by atoms with Crippen molar-refractivity contribution in [3.63, 3.8) is 0 Å². The molecule has 1 spiro atoms. The van der Waals surface area contributed by atoms with E-state index in [1.54, 1.807) is 4.90 Å². The second-order valence-electron chi connectivity index (χ2n) is 9.73. The number of piperidine rings is 1. The van der Waals surface area contributed by atoms with Crippen molar-refractivity contribution in [2.75, 3.05) is 26.3 Å². The minimum atomic E-state index is -0.678. The third kappa shape index (κ3) is 3.85. The fourth-order valence-corrected chi connectivity index (χ4v) is 5.41. The molecule has 3 heterocycles. The molecule has 1 aromatic rings. The fourth-order valence-electron chi connectivity index (χ4n) is 5.41. The molecule has 0 bridgehead atoms. The fraction of sp³-hybridized carbons (Fsp3) is 0.625. The summed E-state index contributed by atoms with van der Waals surface area (Å²) in [5, 5.41) is 6.09. The molecule has 1 atom stereocenters. The molecule has 2 saturated heterocycles. The highest BCUT2D eigenvalue weighted by Crippen LogP contribution is 2.48. The second-order valence-corrected chi connectivity index (χ2v) is 9.73. The molecule has 0 aromatic heterocycles. The van der Waals surface area contributed by atoms with E-state index in [0.29, 0.717) is 44.7 Å². The normalized spacial score (nSPS) is 22.7. The average molecular weight is 443 g/mol. The van der Waals surface area contributed by atoms with Gasteiger partial charge in [0.15, 0.2) is 0 Å². The molecule has 4 rings (SSSR count). The summed E-state index contributed by atoms with van der Waals surface area (Å²) in [7, 11) is 0. The molecule has 4 amide bonds. The highest BCUT2D eigenvalue weighted by atomic mass is 16.5. The zero-order chi connectivity index (χ0) is 23.0. The summed E-state index contributed by atoms with van der Waals surface area (Å²) in [4.78, 5) is 43.6. The van der Waals surface area contributed by atoms with E-state index in [1.807, 2.05) is 56.9 Å². The summed E-state index contributed by atoms with van der Waals surface area (Å²) in [6, 6.07) is 7.36. The van der Waals surface area contributed by atoms with Crippen molar-refractivity contribution in [1.29, 1.82) is 0 Å². The maximum atomic E-state index is 13.7. The van der Waals surface area contributed by atoms with Gasteiger partial charge < -0.3 is 25.2 Å². The minimum absolute atomic E-state index is 0.00810. The lowest BCUT2D eigenvalue weighted by Gasteiger charge is -2.56. The number of ether oxygens (including phenoxy) is 1. The zero-order valence-corrected chi connectivity index (χ0v) is 19.4. The third-order valence-corrected chi connectivity index (χ3v) is 6.83. The first kappa shape index (κ1) is 22.6. The van der Waals surface area contributed by atoms with Gasteiger partial charge in [-0.2, -0.15) is 0 Å². The van der Waals surface area contributed by atoms with Crippen LogP contribution in [0.5, 0.6) is 0 Å². The van der Waals surface area contributed by atoms with Crippen molar-refractivity contribution in [3.8, 4) is 0 Å². The molecular formula is C24H34N4O4. The van der Waals surface area contributed by atoms with Crippen molar-refractivity contribution in [2.24, 2.45) is 0 Å². The van der Waals surface area contributed by atoms with Crippen molar-refractivity contribution in [2.45, 2.75) is 70.1 Å². The number of amides is 4. The first-order chi connectivity index (χ1) is 15.2. The SMILES string of the molecule is CC(C)NC(=O)N1CCC2(CC1)C(C(=O)NC1COC1)c1ccccc1C(=O)N2C(C)C. The molecule has 8 nitrogen and oxygen atoms in total. The van der Waals surface area contributed by atoms with Crippen molar-refractivity contribution in [1.82, 2.24) is 20.4 Å². The zero-order valence-electron chi connectivity index (χ0n) is 19.4. The largest absolute Gasteiger partial charge is 0.377 e. The Morgan fingerprint density at radius 3 is 2.31 bits per heavy atom. The van der Waals surface area contributed by atoms with Crippen LogP contribution in [0, 0.1) is 0 Å². The van der Waals surface area contributed by atoms with Gasteiger partial charge in [-0.15, -0.1) is 0 Å². The number of nitrogens with zero attached hydrogens (tertiary/aromatic N) is 2. The summed E-state index contributed by atoms with van der Waals surface area (Å²) >= 11 is 0. The molecule has 2 N–H and O–H groups in total. The Morgan fingerprint density at radius 2 is 1.75 bits per heavy atom. The number of likely N-dealkylation sites (tertiary alicyclic amines) is 1. The summed E-state index contributed by atoms with van der Waals surface area (Å²) in [5.41, 5.74) is 0.701. The molecule has 1 unspecified atom stereocenters.